The minimum absolute atomic E-state index is 0. The van der Waals surface area contributed by atoms with Crippen molar-refractivity contribution in [2.45, 2.75) is 69.5 Å². The number of guanidine groups is 1. The molecule has 0 aromatic heterocycles. The molecular weight excluding hydrogens is 460 g/mol. The van der Waals surface area contributed by atoms with Gasteiger partial charge in [0.15, 0.2) is 5.96 Å². The number of nitrogens with two attached hydrogens (primary N) is 6. The zero-order valence-electron chi connectivity index (χ0n) is 18.9. The normalized spacial score (nSPS) is 12.3. The lowest BCUT2D eigenvalue weighted by Crippen LogP contribution is -2.34. The summed E-state index contributed by atoms with van der Waals surface area (Å²) in [5.74, 6) is -2.98. The van der Waals surface area contributed by atoms with Crippen molar-refractivity contribution >= 4 is 36.3 Å². The van der Waals surface area contributed by atoms with E-state index in [0.29, 0.717) is 45.3 Å². The van der Waals surface area contributed by atoms with E-state index in [1.165, 1.54) is 0 Å². The van der Waals surface area contributed by atoms with Crippen LogP contribution in [0, 0.1) is 5.41 Å². The van der Waals surface area contributed by atoms with E-state index in [1.807, 2.05) is 0 Å². The number of carboxylic acid groups (broad SMARTS) is 3. The van der Waals surface area contributed by atoms with Crippen LogP contribution >= 0.6 is 12.4 Å². The summed E-state index contributed by atoms with van der Waals surface area (Å²) in [6.45, 7) is 1.69. The number of aliphatic carboxylic acids is 3. The van der Waals surface area contributed by atoms with Crippen molar-refractivity contribution in [2.24, 2.45) is 34.4 Å². The van der Waals surface area contributed by atoms with Crippen LogP contribution in [0.3, 0.4) is 0 Å². The average Bonchev–Trinajstić information content (AvgIpc) is 2.71. The van der Waals surface area contributed by atoms with Crippen molar-refractivity contribution in [1.82, 2.24) is 5.32 Å². The first-order chi connectivity index (χ1) is 14.9. The molecule has 3 atom stereocenters. The van der Waals surface area contributed by atoms with E-state index in [0.717, 1.165) is 25.7 Å². The van der Waals surface area contributed by atoms with Crippen LogP contribution in [0.2, 0.25) is 0 Å². The second-order valence-corrected chi connectivity index (χ2v) is 6.89. The van der Waals surface area contributed by atoms with Gasteiger partial charge in [0.2, 0.25) is 0 Å². The maximum Gasteiger partial charge on any atom is 0.320 e. The predicted octanol–water partition coefficient (Wildman–Crippen LogP) is -1.86. The molecule has 0 fully saturated rings. The van der Waals surface area contributed by atoms with Crippen molar-refractivity contribution in [3.8, 4) is 0 Å². The molecule has 0 aliphatic carbocycles. The first kappa shape index (κ1) is 38.1. The summed E-state index contributed by atoms with van der Waals surface area (Å²) in [4.78, 5) is 30.5. The smallest absolute Gasteiger partial charge is 0.320 e. The van der Waals surface area contributed by atoms with Gasteiger partial charge >= 0.3 is 17.9 Å². The maximum atomic E-state index is 10.2. The summed E-state index contributed by atoms with van der Waals surface area (Å²) in [5.41, 5.74) is 31.1. The summed E-state index contributed by atoms with van der Waals surface area (Å²) in [6, 6.07) is -2.25. The van der Waals surface area contributed by atoms with E-state index in [4.69, 9.17) is 55.1 Å². The highest BCUT2D eigenvalue weighted by molar-refractivity contribution is 5.85. The summed E-state index contributed by atoms with van der Waals surface area (Å²) in [7, 11) is 0. The number of halogens is 1. The van der Waals surface area contributed by atoms with Crippen molar-refractivity contribution in [2.75, 3.05) is 19.6 Å². The summed E-state index contributed by atoms with van der Waals surface area (Å²) < 4.78 is 0. The highest BCUT2D eigenvalue weighted by Crippen LogP contribution is 1.97. The third-order valence-electron chi connectivity index (χ3n) is 3.90. The Balaban J connectivity index is -0.000000189. The Morgan fingerprint density at radius 1 is 0.697 bits per heavy atom. The Kier molecular flexibility index (Phi) is 30.0. The van der Waals surface area contributed by atoms with Gasteiger partial charge in [-0.3, -0.25) is 19.8 Å². The van der Waals surface area contributed by atoms with Gasteiger partial charge in [-0.05, 0) is 51.6 Å². The van der Waals surface area contributed by atoms with Gasteiger partial charge in [-0.15, -0.1) is 12.4 Å². The summed E-state index contributed by atoms with van der Waals surface area (Å²) in [5, 5.41) is 34.4. The molecule has 0 rings (SSSR count). The molecule has 198 valence electrons. The van der Waals surface area contributed by atoms with Crippen LogP contribution in [0.5, 0.6) is 0 Å². The fourth-order valence-electron chi connectivity index (χ4n) is 1.93. The number of nitrogens with one attached hydrogen (secondary N) is 2. The van der Waals surface area contributed by atoms with Crippen molar-refractivity contribution in [1.29, 1.82) is 5.41 Å². The predicted molar refractivity (Wildman–Crippen MR) is 129 cm³/mol. The zero-order valence-corrected chi connectivity index (χ0v) is 19.8. The van der Waals surface area contributed by atoms with Gasteiger partial charge in [-0.25, -0.2) is 0 Å². The lowest BCUT2D eigenvalue weighted by Gasteiger charge is -2.06. The molecule has 17 N–H and O–H groups in total. The van der Waals surface area contributed by atoms with Crippen LogP contribution in [-0.2, 0) is 14.4 Å². The third-order valence-corrected chi connectivity index (χ3v) is 3.90. The van der Waals surface area contributed by atoms with Gasteiger partial charge < -0.3 is 55.0 Å². The number of rotatable bonds is 15. The average molecular weight is 503 g/mol. The number of carbonyl (C=O) groups is 3. The molecule has 0 aliphatic heterocycles. The second kappa shape index (κ2) is 26.0. The number of unbranched alkanes of at least 4 members (excludes halogenated alkanes) is 2. The quantitative estimate of drug-likeness (QED) is 0.0664. The van der Waals surface area contributed by atoms with Crippen LogP contribution < -0.4 is 39.7 Å². The van der Waals surface area contributed by atoms with Crippen molar-refractivity contribution < 1.29 is 29.7 Å². The van der Waals surface area contributed by atoms with E-state index in [2.05, 4.69) is 5.32 Å². The molecule has 0 heterocycles. The molecule has 14 nitrogen and oxygen atoms in total. The third kappa shape index (κ3) is 32.0. The molecule has 0 aliphatic rings. The van der Waals surface area contributed by atoms with E-state index >= 15 is 0 Å². The van der Waals surface area contributed by atoms with Crippen LogP contribution in [0.25, 0.3) is 0 Å². The van der Waals surface area contributed by atoms with Gasteiger partial charge in [0.25, 0.3) is 0 Å². The van der Waals surface area contributed by atoms with Gasteiger partial charge in [-0.2, -0.15) is 0 Å². The monoisotopic (exact) mass is 502 g/mol. The number of hydrogen-bond acceptors (Lipinski definition) is 9. The van der Waals surface area contributed by atoms with Crippen LogP contribution in [-0.4, -0.2) is 76.9 Å². The molecule has 0 aromatic rings. The largest absolute Gasteiger partial charge is 0.480 e. The Morgan fingerprint density at radius 2 is 1.00 bits per heavy atom. The first-order valence-electron chi connectivity index (χ1n) is 10.3. The van der Waals surface area contributed by atoms with Crippen LogP contribution in [0.15, 0.2) is 0 Å². The molecule has 0 unspecified atom stereocenters. The van der Waals surface area contributed by atoms with E-state index in [1.54, 1.807) is 0 Å². The Labute approximate surface area is 200 Å². The molecule has 0 aromatic carbocycles. The van der Waals surface area contributed by atoms with Gasteiger partial charge in [0.05, 0.1) is 0 Å². The summed E-state index contributed by atoms with van der Waals surface area (Å²) in [6.07, 6.45) is 5.30. The van der Waals surface area contributed by atoms with Crippen molar-refractivity contribution in [3.05, 3.63) is 0 Å². The Morgan fingerprint density at radius 3 is 1.24 bits per heavy atom. The molecular formula is C18H43ClN8O6. The van der Waals surface area contributed by atoms with Gasteiger partial charge in [0, 0.05) is 6.54 Å². The molecule has 0 saturated heterocycles. The molecule has 0 bridgehead atoms. The van der Waals surface area contributed by atoms with Gasteiger partial charge in [-0.1, -0.05) is 12.8 Å². The Bertz CT molecular complexity index is 504. The SMILES string of the molecule is Cl.N=C(N)NCCC[C@H](N)C(=O)O.NCCCC[C@H](N)C(=O)O.NCCCC[C@H](N)C(=O)O. The molecule has 0 saturated carbocycles. The Hall–Kier alpha value is -2.23. The van der Waals surface area contributed by atoms with Crippen molar-refractivity contribution in [3.63, 3.8) is 0 Å². The topological polar surface area (TPSA) is 304 Å². The second-order valence-electron chi connectivity index (χ2n) is 6.89. The highest BCUT2D eigenvalue weighted by atomic mass is 35.5. The molecule has 0 spiro atoms. The number of hydrogen-bond donors (Lipinski definition) is 11. The van der Waals surface area contributed by atoms with E-state index in [9.17, 15) is 14.4 Å². The lowest BCUT2D eigenvalue weighted by atomic mass is 10.1. The fourth-order valence-corrected chi connectivity index (χ4v) is 1.93. The summed E-state index contributed by atoms with van der Waals surface area (Å²) >= 11 is 0. The van der Waals surface area contributed by atoms with Crippen LogP contribution in [0.4, 0.5) is 0 Å². The molecule has 0 amide bonds. The fraction of sp³-hybridized carbons (Fsp3) is 0.778. The molecule has 0 radical (unpaired) electrons. The highest BCUT2D eigenvalue weighted by Gasteiger charge is 2.10. The minimum atomic E-state index is -1.00. The van der Waals surface area contributed by atoms with Gasteiger partial charge in [0.1, 0.15) is 18.1 Å². The zero-order chi connectivity index (χ0) is 25.5. The minimum Gasteiger partial charge on any atom is -0.480 e. The van der Waals surface area contributed by atoms with E-state index < -0.39 is 36.0 Å². The van der Waals surface area contributed by atoms with Crippen LogP contribution in [0.1, 0.15) is 51.4 Å². The molecule has 15 heteroatoms. The number of carboxylic acids is 3. The lowest BCUT2D eigenvalue weighted by molar-refractivity contribution is -0.139. The standard InChI is InChI=1S/C6H14N4O2.2C6H14N2O2.ClH/c7-4(5(11)12)2-1-3-10-6(8)9;2*7-4-2-1-3-5(8)6(9)10;/h4H,1-3,7H2,(H,11,12)(H4,8,9,10);2*5H,1-4,7-8H2,(H,9,10);1H/t4-;2*5-;/m000./s1. The first-order valence-corrected chi connectivity index (χ1v) is 10.3. The maximum absolute atomic E-state index is 10.2. The van der Waals surface area contributed by atoms with E-state index in [-0.39, 0.29) is 18.4 Å². The molecule has 33 heavy (non-hydrogen) atoms.